The number of nitrogens with one attached hydrogen (secondary N) is 1. The number of pyridine rings is 1. The van der Waals surface area contributed by atoms with Crippen molar-refractivity contribution in [3.63, 3.8) is 0 Å². The van der Waals surface area contributed by atoms with Crippen LogP contribution in [0.3, 0.4) is 0 Å². The van der Waals surface area contributed by atoms with Crippen molar-refractivity contribution in [1.29, 1.82) is 0 Å². The summed E-state index contributed by atoms with van der Waals surface area (Å²) in [6.07, 6.45) is 4.14. The first kappa shape index (κ1) is 29.0. The Morgan fingerprint density at radius 3 is 2.57 bits per heavy atom. The minimum atomic E-state index is -0.122. The highest BCUT2D eigenvalue weighted by molar-refractivity contribution is 9.10. The van der Waals surface area contributed by atoms with E-state index in [-0.39, 0.29) is 31.0 Å². The number of hydrogen-bond acceptors (Lipinski definition) is 4. The van der Waals surface area contributed by atoms with E-state index in [0.29, 0.717) is 32.7 Å². The van der Waals surface area contributed by atoms with Crippen LogP contribution in [0.1, 0.15) is 37.9 Å². The summed E-state index contributed by atoms with van der Waals surface area (Å²) in [4.78, 5) is 27.8. The molecule has 1 aromatic carbocycles. The van der Waals surface area contributed by atoms with E-state index in [4.69, 9.17) is 27.9 Å². The van der Waals surface area contributed by atoms with Crippen LogP contribution in [0.4, 0.5) is 10.5 Å². The molecule has 0 spiro atoms. The molecular formula is C23H27BrCl3N5O3. The van der Waals surface area contributed by atoms with Gasteiger partial charge in [0.05, 0.1) is 16.4 Å². The number of hydrogen-bond donors (Lipinski definition) is 1. The van der Waals surface area contributed by atoms with Gasteiger partial charge in [-0.25, -0.2) is 20.2 Å². The second-order valence-electron chi connectivity index (χ2n) is 7.70. The minimum Gasteiger partial charge on any atom is -0.485 e. The fourth-order valence-corrected chi connectivity index (χ4v) is 4.08. The van der Waals surface area contributed by atoms with Gasteiger partial charge in [0.2, 0.25) is 5.91 Å². The summed E-state index contributed by atoms with van der Waals surface area (Å²) in [6, 6.07) is 7.20. The van der Waals surface area contributed by atoms with Crippen molar-refractivity contribution in [3.05, 3.63) is 56.4 Å². The van der Waals surface area contributed by atoms with Crippen LogP contribution in [0.25, 0.3) is 5.65 Å². The molecule has 3 heterocycles. The number of amides is 3. The van der Waals surface area contributed by atoms with Crippen LogP contribution in [0.15, 0.2) is 35.1 Å². The van der Waals surface area contributed by atoms with Gasteiger partial charge in [0.25, 0.3) is 0 Å². The number of benzene rings is 1. The Hall–Kier alpha value is -2.20. The van der Waals surface area contributed by atoms with E-state index in [1.54, 1.807) is 24.2 Å². The van der Waals surface area contributed by atoms with Crippen LogP contribution < -0.4 is 15.1 Å². The highest BCUT2D eigenvalue weighted by Gasteiger charge is 2.27. The topological polar surface area (TPSA) is 88.9 Å². The predicted octanol–water partition coefficient (Wildman–Crippen LogP) is 6.42. The van der Waals surface area contributed by atoms with Crippen LogP contribution in [0, 0.1) is 6.92 Å². The number of carbonyl (C=O) groups excluding carboxylic acids is 2. The van der Waals surface area contributed by atoms with E-state index in [0.717, 1.165) is 29.7 Å². The van der Waals surface area contributed by atoms with Gasteiger partial charge >= 0.3 is 6.03 Å². The van der Waals surface area contributed by atoms with Gasteiger partial charge in [0.1, 0.15) is 11.2 Å². The molecule has 0 saturated carbocycles. The quantitative estimate of drug-likeness (QED) is 0.314. The van der Waals surface area contributed by atoms with E-state index < -0.39 is 0 Å². The van der Waals surface area contributed by atoms with Crippen molar-refractivity contribution in [2.45, 2.75) is 40.2 Å². The van der Waals surface area contributed by atoms with Crippen molar-refractivity contribution in [2.75, 3.05) is 18.5 Å². The molecule has 0 bridgehead atoms. The zero-order valence-electron chi connectivity index (χ0n) is 19.8. The maximum absolute atomic E-state index is 11.6. The van der Waals surface area contributed by atoms with Crippen molar-refractivity contribution in [1.82, 2.24) is 19.8 Å². The number of carbonyl (C=O) groups is 2. The molecule has 12 heteroatoms. The Bertz CT molecular complexity index is 1220. The number of hydrazine groups is 1. The van der Waals surface area contributed by atoms with E-state index in [1.165, 1.54) is 11.8 Å². The van der Waals surface area contributed by atoms with Crippen molar-refractivity contribution in [2.24, 2.45) is 0 Å². The second-order valence-corrected chi connectivity index (χ2v) is 9.24. The number of unbranched alkanes of at least 4 members (excludes halogenated alkanes) is 1. The molecule has 4 rings (SSSR count). The molecule has 1 aliphatic rings. The number of urea groups is 1. The first-order valence-electron chi connectivity index (χ1n) is 10.7. The van der Waals surface area contributed by atoms with Gasteiger partial charge in [-0.15, -0.1) is 12.4 Å². The summed E-state index contributed by atoms with van der Waals surface area (Å²) < 4.78 is 8.72. The number of aromatic nitrogens is 2. The molecule has 1 fully saturated rings. The van der Waals surface area contributed by atoms with Gasteiger partial charge in [-0.3, -0.25) is 9.20 Å². The zero-order chi connectivity index (χ0) is 25.0. The Morgan fingerprint density at radius 2 is 1.97 bits per heavy atom. The Balaban J connectivity index is 0.000000409. The number of halogens is 4. The normalized spacial score (nSPS) is 11.9. The monoisotopic (exact) mass is 605 g/mol. The number of anilines is 1. The number of ether oxygens (including phenoxy) is 1. The van der Waals surface area contributed by atoms with Gasteiger partial charge < -0.3 is 9.64 Å². The summed E-state index contributed by atoms with van der Waals surface area (Å²) in [5.74, 6) is 0.488. The molecule has 1 saturated heterocycles. The minimum absolute atomic E-state index is 0. The van der Waals surface area contributed by atoms with Gasteiger partial charge in [-0.1, -0.05) is 36.5 Å². The largest absolute Gasteiger partial charge is 0.485 e. The average molecular weight is 608 g/mol. The van der Waals surface area contributed by atoms with Crippen molar-refractivity contribution in [3.8, 4) is 5.75 Å². The van der Waals surface area contributed by atoms with Crippen molar-refractivity contribution >= 4 is 74.8 Å². The molecule has 0 aliphatic carbocycles. The van der Waals surface area contributed by atoms with Crippen LogP contribution in [-0.4, -0.2) is 39.9 Å². The predicted molar refractivity (Wildman–Crippen MR) is 145 cm³/mol. The number of nitrogens with zero attached hydrogens (tertiary/aromatic N) is 4. The van der Waals surface area contributed by atoms with E-state index >= 15 is 0 Å². The van der Waals surface area contributed by atoms with Gasteiger partial charge in [-0.2, -0.15) is 0 Å². The summed E-state index contributed by atoms with van der Waals surface area (Å²) in [5, 5.41) is 2.48. The SMILES string of the molecule is CC(=O)N(C)c1ccc(Cl)c(COc2cccn3c(Br)c(C)nc23)c1Cl.CCCCN1NC1=O.Cl. The molecule has 1 aliphatic heterocycles. The number of aryl methyl sites for hydroxylation is 1. The zero-order valence-corrected chi connectivity index (χ0v) is 23.7. The third-order valence-corrected chi connectivity index (χ3v) is 6.98. The molecule has 3 amide bonds. The summed E-state index contributed by atoms with van der Waals surface area (Å²) in [6.45, 7) is 6.51. The highest BCUT2D eigenvalue weighted by atomic mass is 79.9. The molecule has 0 unspecified atom stereocenters. The molecule has 2 aromatic heterocycles. The van der Waals surface area contributed by atoms with Gasteiger partial charge in [0, 0.05) is 37.3 Å². The lowest BCUT2D eigenvalue weighted by molar-refractivity contribution is -0.116. The molecule has 35 heavy (non-hydrogen) atoms. The smallest absolute Gasteiger partial charge is 0.355 e. The fraction of sp³-hybridized carbons (Fsp3) is 0.348. The summed E-state index contributed by atoms with van der Waals surface area (Å²) >= 11 is 16.3. The standard InChI is InChI=1S/C18H16BrCl2N3O2.C5H10N2O.ClH/c1-10-17(19)24-8-4-5-15(18(24)22-10)26-9-12-13(20)6-7-14(16(12)21)23(3)11(2)25;1-2-3-4-7-5(8)6-7;/h4-8H,9H2,1-3H3;2-4H2,1H3,(H,6,8);1H. The van der Waals surface area contributed by atoms with E-state index in [9.17, 15) is 9.59 Å². The summed E-state index contributed by atoms with van der Waals surface area (Å²) in [5.41, 5.74) is 5.32. The Labute approximate surface area is 229 Å². The highest BCUT2D eigenvalue weighted by Crippen LogP contribution is 2.35. The second kappa shape index (κ2) is 12.7. The molecule has 0 atom stereocenters. The first-order valence-corrected chi connectivity index (χ1v) is 12.3. The molecular weight excluding hydrogens is 581 g/mol. The van der Waals surface area contributed by atoms with Crippen molar-refractivity contribution < 1.29 is 14.3 Å². The lowest BCUT2D eigenvalue weighted by Gasteiger charge is -2.19. The molecule has 3 aromatic rings. The maximum atomic E-state index is 11.6. The Kier molecular flexibility index (Phi) is 10.5. The number of imidazole rings is 1. The third kappa shape index (κ3) is 6.94. The number of rotatable bonds is 7. The molecule has 1 N–H and O–H groups in total. The fourth-order valence-electron chi connectivity index (χ4n) is 3.10. The molecule has 190 valence electrons. The van der Waals surface area contributed by atoms with Gasteiger partial charge in [-0.05, 0) is 53.5 Å². The average Bonchev–Trinajstić information content (AvgIpc) is 3.44. The lowest BCUT2D eigenvalue weighted by Crippen LogP contribution is -2.23. The Morgan fingerprint density at radius 1 is 1.29 bits per heavy atom. The summed E-state index contributed by atoms with van der Waals surface area (Å²) in [7, 11) is 1.66. The van der Waals surface area contributed by atoms with E-state index in [2.05, 4.69) is 33.3 Å². The maximum Gasteiger partial charge on any atom is 0.355 e. The lowest BCUT2D eigenvalue weighted by atomic mass is 10.2. The van der Waals surface area contributed by atoms with E-state index in [1.807, 2.05) is 29.7 Å². The van der Waals surface area contributed by atoms with Crippen LogP contribution in [-0.2, 0) is 11.4 Å². The van der Waals surface area contributed by atoms with Crippen LogP contribution >= 0.6 is 51.5 Å². The van der Waals surface area contributed by atoms with Crippen LogP contribution in [0.5, 0.6) is 5.75 Å². The molecule has 8 nitrogen and oxygen atoms in total. The molecule has 0 radical (unpaired) electrons. The van der Waals surface area contributed by atoms with Gasteiger partial charge in [0.15, 0.2) is 11.4 Å². The van der Waals surface area contributed by atoms with Crippen LogP contribution in [0.2, 0.25) is 10.0 Å². The number of fused-ring (bicyclic) bond motifs is 1. The first-order chi connectivity index (χ1) is 16.1. The third-order valence-electron chi connectivity index (χ3n) is 5.25.